The number of carbonyl (C=O) groups excluding carboxylic acids is 2. The molecule has 0 fully saturated rings. The van der Waals surface area contributed by atoms with Crippen LogP contribution in [0.25, 0.3) is 10.8 Å². The number of nitro groups is 1. The minimum Gasteiger partial charge on any atom is -0.465 e. The standard InChI is InChI=1S/C23H22N2O7S/c1-2-32-23(27)21(14-9-16-7-11-19(12-8-16)25(28)29)22(26)24-33(30,31)20-13-10-17-5-3-4-6-18(17)15-20/h3-8,10-13,15,21H,2,9,14H2,1H3,(H,24,26). The third kappa shape index (κ3) is 5.92. The molecule has 0 aromatic heterocycles. The molecule has 0 bridgehead atoms. The summed E-state index contributed by atoms with van der Waals surface area (Å²) in [5, 5.41) is 12.3. The number of esters is 1. The number of aryl methyl sites for hydroxylation is 1. The molecule has 9 nitrogen and oxygen atoms in total. The summed E-state index contributed by atoms with van der Waals surface area (Å²) in [6.45, 7) is 1.60. The molecule has 0 spiro atoms. The smallest absolute Gasteiger partial charge is 0.318 e. The van der Waals surface area contributed by atoms with Gasteiger partial charge in [-0.1, -0.05) is 42.5 Å². The number of nitrogens with one attached hydrogen (secondary N) is 1. The van der Waals surface area contributed by atoms with Crippen molar-refractivity contribution in [2.45, 2.75) is 24.7 Å². The molecule has 3 aromatic carbocycles. The summed E-state index contributed by atoms with van der Waals surface area (Å²) in [6.07, 6.45) is 0.181. The number of hydrogen-bond acceptors (Lipinski definition) is 7. The Kier molecular flexibility index (Phi) is 7.39. The predicted octanol–water partition coefficient (Wildman–Crippen LogP) is 3.37. The van der Waals surface area contributed by atoms with Crippen molar-refractivity contribution < 1.29 is 27.7 Å². The first-order valence-electron chi connectivity index (χ1n) is 10.2. The van der Waals surface area contributed by atoms with Gasteiger partial charge in [0.25, 0.3) is 15.7 Å². The number of amides is 1. The van der Waals surface area contributed by atoms with Gasteiger partial charge in [0.15, 0.2) is 0 Å². The molecule has 10 heteroatoms. The van der Waals surface area contributed by atoms with Crippen LogP contribution in [0.3, 0.4) is 0 Å². The van der Waals surface area contributed by atoms with Gasteiger partial charge in [-0.05, 0) is 48.2 Å². The van der Waals surface area contributed by atoms with E-state index in [1.54, 1.807) is 25.1 Å². The molecular formula is C23H22N2O7S. The van der Waals surface area contributed by atoms with Crippen LogP contribution < -0.4 is 4.72 Å². The van der Waals surface area contributed by atoms with Crippen molar-refractivity contribution in [2.75, 3.05) is 6.61 Å². The maximum Gasteiger partial charge on any atom is 0.318 e. The van der Waals surface area contributed by atoms with Crippen LogP contribution in [0.5, 0.6) is 0 Å². The molecule has 0 aliphatic carbocycles. The second-order valence-electron chi connectivity index (χ2n) is 7.25. The van der Waals surface area contributed by atoms with Crippen molar-refractivity contribution in [1.29, 1.82) is 0 Å². The summed E-state index contributed by atoms with van der Waals surface area (Å²) in [5.74, 6) is -3.20. The first-order valence-corrected chi connectivity index (χ1v) is 11.6. The van der Waals surface area contributed by atoms with Crippen LogP contribution >= 0.6 is 0 Å². The topological polar surface area (TPSA) is 133 Å². The van der Waals surface area contributed by atoms with Crippen LogP contribution in [0.2, 0.25) is 0 Å². The van der Waals surface area contributed by atoms with E-state index in [1.807, 2.05) is 16.9 Å². The molecular weight excluding hydrogens is 448 g/mol. The number of benzene rings is 3. The zero-order valence-electron chi connectivity index (χ0n) is 17.8. The van der Waals surface area contributed by atoms with Crippen molar-refractivity contribution >= 4 is 38.4 Å². The lowest BCUT2D eigenvalue weighted by Crippen LogP contribution is -2.40. The SMILES string of the molecule is CCOC(=O)C(CCc1ccc([N+](=O)[O-])cc1)C(=O)NS(=O)(=O)c1ccc2ccccc2c1. The van der Waals surface area contributed by atoms with Gasteiger partial charge >= 0.3 is 5.97 Å². The molecule has 0 saturated heterocycles. The second kappa shape index (κ2) is 10.2. The van der Waals surface area contributed by atoms with Gasteiger partial charge < -0.3 is 4.74 Å². The lowest BCUT2D eigenvalue weighted by Gasteiger charge is -2.16. The van der Waals surface area contributed by atoms with Crippen molar-refractivity contribution in [2.24, 2.45) is 5.92 Å². The van der Waals surface area contributed by atoms with Crippen LogP contribution in [-0.4, -0.2) is 31.8 Å². The number of ether oxygens (including phenoxy) is 1. The molecule has 0 radical (unpaired) electrons. The van der Waals surface area contributed by atoms with Crippen LogP contribution in [0.1, 0.15) is 18.9 Å². The first kappa shape index (κ1) is 23.9. The number of non-ortho nitro benzene ring substituents is 1. The first-order chi connectivity index (χ1) is 15.7. The van der Waals surface area contributed by atoms with Crippen LogP contribution in [0.4, 0.5) is 5.69 Å². The highest BCUT2D eigenvalue weighted by Crippen LogP contribution is 2.20. The van der Waals surface area contributed by atoms with E-state index in [-0.39, 0.29) is 30.0 Å². The van der Waals surface area contributed by atoms with E-state index in [0.29, 0.717) is 10.9 Å². The molecule has 172 valence electrons. The van der Waals surface area contributed by atoms with E-state index in [1.165, 1.54) is 36.4 Å². The molecule has 3 rings (SSSR count). The molecule has 1 amide bonds. The lowest BCUT2D eigenvalue weighted by atomic mass is 9.99. The van der Waals surface area contributed by atoms with Gasteiger partial charge in [-0.2, -0.15) is 0 Å². The average Bonchev–Trinajstić information content (AvgIpc) is 2.79. The number of sulfonamides is 1. The number of rotatable bonds is 9. The minimum absolute atomic E-state index is 0.0254. The number of carbonyl (C=O) groups is 2. The molecule has 33 heavy (non-hydrogen) atoms. The van der Waals surface area contributed by atoms with Gasteiger partial charge in [0.2, 0.25) is 5.91 Å². The largest absolute Gasteiger partial charge is 0.465 e. The third-order valence-corrected chi connectivity index (χ3v) is 6.37. The Bertz CT molecular complexity index is 1290. The third-order valence-electron chi connectivity index (χ3n) is 5.02. The van der Waals surface area contributed by atoms with Gasteiger partial charge in [0.05, 0.1) is 16.4 Å². The normalized spacial score (nSPS) is 12.2. The summed E-state index contributed by atoms with van der Waals surface area (Å²) < 4.78 is 32.5. The average molecular weight is 471 g/mol. The van der Waals surface area contributed by atoms with E-state index < -0.39 is 32.7 Å². The van der Waals surface area contributed by atoms with Gasteiger partial charge in [-0.15, -0.1) is 0 Å². The van der Waals surface area contributed by atoms with Crippen molar-refractivity contribution in [3.05, 3.63) is 82.4 Å². The summed E-state index contributed by atoms with van der Waals surface area (Å²) >= 11 is 0. The zero-order chi connectivity index (χ0) is 24.0. The predicted molar refractivity (Wildman–Crippen MR) is 121 cm³/mol. The molecule has 1 unspecified atom stereocenters. The zero-order valence-corrected chi connectivity index (χ0v) is 18.6. The van der Waals surface area contributed by atoms with Crippen LogP contribution in [-0.2, 0) is 30.8 Å². The maximum atomic E-state index is 12.8. The van der Waals surface area contributed by atoms with Gasteiger partial charge in [0, 0.05) is 12.1 Å². The van der Waals surface area contributed by atoms with Crippen LogP contribution in [0, 0.1) is 16.0 Å². The molecule has 0 saturated carbocycles. The molecule has 1 atom stereocenters. The van der Waals surface area contributed by atoms with Gasteiger partial charge in [0.1, 0.15) is 5.92 Å². The molecule has 0 heterocycles. The Labute approximate surface area is 190 Å². The highest BCUT2D eigenvalue weighted by atomic mass is 32.2. The van der Waals surface area contributed by atoms with E-state index in [9.17, 15) is 28.1 Å². The molecule has 0 aliphatic heterocycles. The van der Waals surface area contributed by atoms with E-state index >= 15 is 0 Å². The highest BCUT2D eigenvalue weighted by Gasteiger charge is 2.31. The quantitative estimate of drug-likeness (QED) is 0.219. The number of nitrogens with zero attached hydrogens (tertiary/aromatic N) is 1. The summed E-state index contributed by atoms with van der Waals surface area (Å²) in [6, 6.07) is 17.3. The summed E-state index contributed by atoms with van der Waals surface area (Å²) in [7, 11) is -4.22. The number of hydrogen-bond donors (Lipinski definition) is 1. The monoisotopic (exact) mass is 470 g/mol. The minimum atomic E-state index is -4.22. The Balaban J connectivity index is 1.77. The lowest BCUT2D eigenvalue weighted by molar-refractivity contribution is -0.384. The highest BCUT2D eigenvalue weighted by molar-refractivity contribution is 7.90. The molecule has 0 aliphatic rings. The molecule has 3 aromatic rings. The Morgan fingerprint density at radius 2 is 1.70 bits per heavy atom. The number of nitro benzene ring substituents is 1. The second-order valence-corrected chi connectivity index (χ2v) is 8.93. The Hall–Kier alpha value is -3.79. The van der Waals surface area contributed by atoms with Gasteiger partial charge in [-0.25, -0.2) is 13.1 Å². The van der Waals surface area contributed by atoms with E-state index in [4.69, 9.17) is 4.74 Å². The van der Waals surface area contributed by atoms with Gasteiger partial charge in [-0.3, -0.25) is 19.7 Å². The number of fused-ring (bicyclic) bond motifs is 1. The Morgan fingerprint density at radius 1 is 1.03 bits per heavy atom. The maximum absolute atomic E-state index is 12.8. The van der Waals surface area contributed by atoms with E-state index in [2.05, 4.69) is 0 Å². The molecule has 1 N–H and O–H groups in total. The fourth-order valence-electron chi connectivity index (χ4n) is 3.29. The van der Waals surface area contributed by atoms with Crippen LogP contribution in [0.15, 0.2) is 71.6 Å². The summed E-state index contributed by atoms with van der Waals surface area (Å²) in [5.41, 5.74) is 0.569. The van der Waals surface area contributed by atoms with Crippen molar-refractivity contribution in [3.8, 4) is 0 Å². The fourth-order valence-corrected chi connectivity index (χ4v) is 4.35. The fraction of sp³-hybridized carbons (Fsp3) is 0.217. The van der Waals surface area contributed by atoms with E-state index in [0.717, 1.165) is 5.39 Å². The van der Waals surface area contributed by atoms with Crippen molar-refractivity contribution in [1.82, 2.24) is 4.72 Å². The van der Waals surface area contributed by atoms with Crippen molar-refractivity contribution in [3.63, 3.8) is 0 Å². The summed E-state index contributed by atoms with van der Waals surface area (Å²) in [4.78, 5) is 35.3. The Morgan fingerprint density at radius 3 is 2.33 bits per heavy atom.